The summed E-state index contributed by atoms with van der Waals surface area (Å²) in [7, 11) is 0. The molecule has 1 fully saturated rings. The van der Waals surface area contributed by atoms with E-state index in [1.54, 1.807) is 0 Å². The molecule has 2 heteroatoms. The monoisotopic (exact) mass is 226 g/mol. The molecule has 0 amide bonds. The molecule has 2 unspecified atom stereocenters. The van der Waals surface area contributed by atoms with E-state index in [9.17, 15) is 0 Å². The van der Waals surface area contributed by atoms with Gasteiger partial charge in [-0.05, 0) is 32.1 Å². The van der Waals surface area contributed by atoms with E-state index in [4.69, 9.17) is 5.73 Å². The van der Waals surface area contributed by atoms with Crippen molar-refractivity contribution in [2.45, 2.75) is 71.4 Å². The molecule has 2 atom stereocenters. The molecular weight excluding hydrogens is 196 g/mol. The van der Waals surface area contributed by atoms with Crippen molar-refractivity contribution in [3.8, 4) is 0 Å². The molecule has 1 saturated heterocycles. The van der Waals surface area contributed by atoms with E-state index >= 15 is 0 Å². The maximum absolute atomic E-state index is 6.13. The van der Waals surface area contributed by atoms with Crippen LogP contribution in [-0.4, -0.2) is 29.6 Å². The van der Waals surface area contributed by atoms with Crippen LogP contribution in [0.5, 0.6) is 0 Å². The first-order chi connectivity index (χ1) is 7.59. The van der Waals surface area contributed by atoms with Crippen LogP contribution in [0.4, 0.5) is 0 Å². The van der Waals surface area contributed by atoms with E-state index in [2.05, 4.69) is 32.6 Å². The minimum Gasteiger partial charge on any atom is -0.329 e. The number of rotatable bonds is 6. The molecule has 0 aliphatic carbocycles. The average molecular weight is 226 g/mol. The second kappa shape index (κ2) is 6.02. The van der Waals surface area contributed by atoms with Gasteiger partial charge in [-0.25, -0.2) is 0 Å². The molecule has 1 heterocycles. The van der Waals surface area contributed by atoms with Crippen molar-refractivity contribution in [3.63, 3.8) is 0 Å². The fourth-order valence-electron chi connectivity index (χ4n) is 3.63. The van der Waals surface area contributed by atoms with E-state index < -0.39 is 0 Å². The van der Waals surface area contributed by atoms with Crippen LogP contribution in [0.2, 0.25) is 0 Å². The largest absolute Gasteiger partial charge is 0.329 e. The first-order valence-corrected chi connectivity index (χ1v) is 7.06. The van der Waals surface area contributed by atoms with Crippen LogP contribution in [0.3, 0.4) is 0 Å². The zero-order valence-corrected chi connectivity index (χ0v) is 11.6. The van der Waals surface area contributed by atoms with Gasteiger partial charge in [-0.15, -0.1) is 0 Å². The quantitative estimate of drug-likeness (QED) is 0.754. The maximum atomic E-state index is 6.13. The standard InChI is InChI=1S/C14H30N2/c1-5-7-14(11-15,8-6-2)16-10-12(3)9-13(16)4/h12-13H,5-11,15H2,1-4H3. The molecular formula is C14H30N2. The number of likely N-dealkylation sites (tertiary alicyclic amines) is 1. The molecule has 1 rings (SSSR count). The Morgan fingerprint density at radius 3 is 2.06 bits per heavy atom. The van der Waals surface area contributed by atoms with Crippen LogP contribution in [0.25, 0.3) is 0 Å². The Kier molecular flexibility index (Phi) is 5.26. The molecule has 0 bridgehead atoms. The van der Waals surface area contributed by atoms with Gasteiger partial charge in [0, 0.05) is 24.7 Å². The highest BCUT2D eigenvalue weighted by Gasteiger charge is 2.40. The van der Waals surface area contributed by atoms with E-state index in [1.165, 1.54) is 38.6 Å². The highest BCUT2D eigenvalue weighted by molar-refractivity contribution is 4.97. The summed E-state index contributed by atoms with van der Waals surface area (Å²) in [5.74, 6) is 0.842. The summed E-state index contributed by atoms with van der Waals surface area (Å²) >= 11 is 0. The second-order valence-corrected chi connectivity index (χ2v) is 5.77. The summed E-state index contributed by atoms with van der Waals surface area (Å²) in [6, 6.07) is 0.719. The number of hydrogen-bond donors (Lipinski definition) is 1. The van der Waals surface area contributed by atoms with Crippen LogP contribution >= 0.6 is 0 Å². The van der Waals surface area contributed by atoms with Gasteiger partial charge in [0.05, 0.1) is 0 Å². The Labute approximate surface area is 102 Å². The minimum atomic E-state index is 0.285. The van der Waals surface area contributed by atoms with Gasteiger partial charge in [0.2, 0.25) is 0 Å². The fourth-order valence-corrected chi connectivity index (χ4v) is 3.63. The molecule has 0 aromatic carbocycles. The van der Waals surface area contributed by atoms with Crippen LogP contribution in [-0.2, 0) is 0 Å². The van der Waals surface area contributed by atoms with Gasteiger partial charge < -0.3 is 5.73 Å². The van der Waals surface area contributed by atoms with Crippen LogP contribution < -0.4 is 5.73 Å². The first-order valence-electron chi connectivity index (χ1n) is 7.06. The lowest BCUT2D eigenvalue weighted by atomic mass is 9.86. The second-order valence-electron chi connectivity index (χ2n) is 5.77. The van der Waals surface area contributed by atoms with Crippen molar-refractivity contribution in [2.75, 3.05) is 13.1 Å². The van der Waals surface area contributed by atoms with Crippen molar-refractivity contribution in [1.82, 2.24) is 4.90 Å². The van der Waals surface area contributed by atoms with Gasteiger partial charge in [-0.3, -0.25) is 4.90 Å². The molecule has 2 nitrogen and oxygen atoms in total. The summed E-state index contributed by atoms with van der Waals surface area (Å²) in [5, 5.41) is 0. The van der Waals surface area contributed by atoms with Gasteiger partial charge in [0.25, 0.3) is 0 Å². The number of nitrogens with zero attached hydrogens (tertiary/aromatic N) is 1. The Bertz CT molecular complexity index is 197. The summed E-state index contributed by atoms with van der Waals surface area (Å²) in [6.07, 6.45) is 6.35. The van der Waals surface area contributed by atoms with Gasteiger partial charge in [0.1, 0.15) is 0 Å². The predicted molar refractivity (Wildman–Crippen MR) is 71.6 cm³/mol. The molecule has 0 aromatic rings. The SMILES string of the molecule is CCCC(CN)(CCC)N1CC(C)CC1C. The lowest BCUT2D eigenvalue weighted by Gasteiger charge is -2.44. The topological polar surface area (TPSA) is 29.3 Å². The van der Waals surface area contributed by atoms with E-state index in [0.29, 0.717) is 0 Å². The van der Waals surface area contributed by atoms with Gasteiger partial charge in [-0.1, -0.05) is 33.6 Å². The van der Waals surface area contributed by atoms with Crippen molar-refractivity contribution in [1.29, 1.82) is 0 Å². The first kappa shape index (κ1) is 14.0. The Morgan fingerprint density at radius 1 is 1.19 bits per heavy atom. The van der Waals surface area contributed by atoms with Crippen molar-refractivity contribution < 1.29 is 0 Å². The van der Waals surface area contributed by atoms with Crippen LogP contribution in [0, 0.1) is 5.92 Å². The predicted octanol–water partition coefficient (Wildman–Crippen LogP) is 3.01. The molecule has 1 aliphatic rings. The average Bonchev–Trinajstić information content (AvgIpc) is 2.58. The number of hydrogen-bond acceptors (Lipinski definition) is 2. The zero-order chi connectivity index (χ0) is 12.2. The maximum Gasteiger partial charge on any atom is 0.0334 e. The molecule has 0 spiro atoms. The molecule has 16 heavy (non-hydrogen) atoms. The number of nitrogens with two attached hydrogens (primary N) is 1. The summed E-state index contributed by atoms with van der Waals surface area (Å²) in [4.78, 5) is 2.71. The zero-order valence-electron chi connectivity index (χ0n) is 11.6. The van der Waals surface area contributed by atoms with E-state index in [0.717, 1.165) is 18.5 Å². The Morgan fingerprint density at radius 2 is 1.75 bits per heavy atom. The lowest BCUT2D eigenvalue weighted by Crippen LogP contribution is -2.55. The van der Waals surface area contributed by atoms with Crippen LogP contribution in [0.1, 0.15) is 59.8 Å². The highest BCUT2D eigenvalue weighted by Crippen LogP contribution is 2.35. The third-order valence-corrected chi connectivity index (χ3v) is 4.20. The van der Waals surface area contributed by atoms with E-state index in [-0.39, 0.29) is 5.54 Å². The van der Waals surface area contributed by atoms with Gasteiger partial charge in [0.15, 0.2) is 0 Å². The highest BCUT2D eigenvalue weighted by atomic mass is 15.3. The summed E-state index contributed by atoms with van der Waals surface area (Å²) < 4.78 is 0. The molecule has 0 aromatic heterocycles. The summed E-state index contributed by atoms with van der Waals surface area (Å²) in [6.45, 7) is 11.4. The normalized spacial score (nSPS) is 27.6. The smallest absolute Gasteiger partial charge is 0.0334 e. The van der Waals surface area contributed by atoms with Crippen molar-refractivity contribution >= 4 is 0 Å². The molecule has 0 saturated carbocycles. The van der Waals surface area contributed by atoms with Crippen molar-refractivity contribution in [2.24, 2.45) is 11.7 Å². The molecule has 0 radical (unpaired) electrons. The van der Waals surface area contributed by atoms with E-state index in [1.807, 2.05) is 0 Å². The fraction of sp³-hybridized carbons (Fsp3) is 1.00. The third kappa shape index (κ3) is 2.78. The molecule has 96 valence electrons. The molecule has 2 N–H and O–H groups in total. The molecule has 1 aliphatic heterocycles. The van der Waals surface area contributed by atoms with Gasteiger partial charge in [-0.2, -0.15) is 0 Å². The van der Waals surface area contributed by atoms with Crippen molar-refractivity contribution in [3.05, 3.63) is 0 Å². The minimum absolute atomic E-state index is 0.285. The van der Waals surface area contributed by atoms with Gasteiger partial charge >= 0.3 is 0 Å². The summed E-state index contributed by atoms with van der Waals surface area (Å²) in [5.41, 5.74) is 6.41. The van der Waals surface area contributed by atoms with Crippen LogP contribution in [0.15, 0.2) is 0 Å². The lowest BCUT2D eigenvalue weighted by molar-refractivity contribution is 0.0660. The third-order valence-electron chi connectivity index (χ3n) is 4.20. The Balaban J connectivity index is 2.81. The Hall–Kier alpha value is -0.0800.